The Morgan fingerprint density at radius 2 is 2.28 bits per heavy atom. The molecular formula is C13H13FN2O2. The van der Waals surface area contributed by atoms with Gasteiger partial charge >= 0.3 is 5.97 Å². The van der Waals surface area contributed by atoms with Gasteiger partial charge in [-0.1, -0.05) is 12.1 Å². The molecular weight excluding hydrogens is 235 g/mol. The Hall–Kier alpha value is -2.17. The van der Waals surface area contributed by atoms with Crippen LogP contribution in [0.1, 0.15) is 12.0 Å². The Bertz CT molecular complexity index is 578. The van der Waals surface area contributed by atoms with Crippen molar-refractivity contribution >= 4 is 5.97 Å². The van der Waals surface area contributed by atoms with Gasteiger partial charge in [0.05, 0.1) is 5.69 Å². The van der Waals surface area contributed by atoms with Gasteiger partial charge in [-0.3, -0.25) is 9.48 Å². The molecule has 0 bridgehead atoms. The molecule has 2 aromatic rings. The van der Waals surface area contributed by atoms with E-state index in [9.17, 15) is 9.18 Å². The van der Waals surface area contributed by atoms with E-state index in [-0.39, 0.29) is 12.2 Å². The summed E-state index contributed by atoms with van der Waals surface area (Å²) in [6.07, 6.45) is 2.19. The smallest absolute Gasteiger partial charge is 0.303 e. The first-order valence-electron chi connectivity index (χ1n) is 5.56. The third kappa shape index (κ3) is 2.74. The fourth-order valence-electron chi connectivity index (χ4n) is 1.84. The second-order valence-electron chi connectivity index (χ2n) is 4.08. The van der Waals surface area contributed by atoms with Crippen LogP contribution in [0.3, 0.4) is 0 Å². The van der Waals surface area contributed by atoms with Crippen molar-refractivity contribution in [2.75, 3.05) is 0 Å². The summed E-state index contributed by atoms with van der Waals surface area (Å²) in [5, 5.41) is 13.0. The van der Waals surface area contributed by atoms with Crippen LogP contribution in [0.15, 0.2) is 30.5 Å². The van der Waals surface area contributed by atoms with E-state index in [1.54, 1.807) is 30.1 Å². The standard InChI is InChI=1S/C13H13FN2O2/c1-16-8-10(5-6-12(17)18)13(15-16)9-3-2-4-11(14)7-9/h2-4,7-8H,5-6H2,1H3,(H,17,18). The van der Waals surface area contributed by atoms with Crippen molar-refractivity contribution in [1.82, 2.24) is 9.78 Å². The van der Waals surface area contributed by atoms with E-state index in [1.807, 2.05) is 0 Å². The molecule has 0 aliphatic heterocycles. The van der Waals surface area contributed by atoms with E-state index in [4.69, 9.17) is 5.11 Å². The number of aliphatic carboxylic acids is 1. The van der Waals surface area contributed by atoms with Crippen molar-refractivity contribution < 1.29 is 14.3 Å². The van der Waals surface area contributed by atoms with Crippen molar-refractivity contribution in [2.24, 2.45) is 7.05 Å². The average molecular weight is 248 g/mol. The molecule has 1 aromatic carbocycles. The van der Waals surface area contributed by atoms with Crippen molar-refractivity contribution in [1.29, 1.82) is 0 Å². The summed E-state index contributed by atoms with van der Waals surface area (Å²) in [4.78, 5) is 10.6. The highest BCUT2D eigenvalue weighted by atomic mass is 19.1. The molecule has 0 spiro atoms. The molecule has 18 heavy (non-hydrogen) atoms. The van der Waals surface area contributed by atoms with E-state index >= 15 is 0 Å². The van der Waals surface area contributed by atoms with Crippen LogP contribution in [0.2, 0.25) is 0 Å². The lowest BCUT2D eigenvalue weighted by atomic mass is 10.0. The average Bonchev–Trinajstić information content (AvgIpc) is 2.68. The Labute approximate surface area is 104 Å². The summed E-state index contributed by atoms with van der Waals surface area (Å²) in [7, 11) is 1.76. The zero-order valence-electron chi connectivity index (χ0n) is 9.93. The van der Waals surface area contributed by atoms with Gasteiger partial charge in [0.2, 0.25) is 0 Å². The van der Waals surface area contributed by atoms with Gasteiger partial charge in [-0.15, -0.1) is 0 Å². The van der Waals surface area contributed by atoms with Crippen molar-refractivity contribution in [3.8, 4) is 11.3 Å². The van der Waals surface area contributed by atoms with Gasteiger partial charge < -0.3 is 5.11 Å². The van der Waals surface area contributed by atoms with E-state index in [1.165, 1.54) is 12.1 Å². The van der Waals surface area contributed by atoms with Crippen LogP contribution in [0.4, 0.5) is 4.39 Å². The summed E-state index contributed by atoms with van der Waals surface area (Å²) >= 11 is 0. The molecule has 1 heterocycles. The molecule has 0 saturated heterocycles. The van der Waals surface area contributed by atoms with Crippen molar-refractivity contribution in [3.05, 3.63) is 41.8 Å². The number of carboxylic acids is 1. The lowest BCUT2D eigenvalue weighted by molar-refractivity contribution is -0.136. The second-order valence-corrected chi connectivity index (χ2v) is 4.08. The molecule has 0 saturated carbocycles. The van der Waals surface area contributed by atoms with E-state index in [2.05, 4.69) is 5.10 Å². The van der Waals surface area contributed by atoms with Gasteiger partial charge in [0.15, 0.2) is 0 Å². The summed E-state index contributed by atoms with van der Waals surface area (Å²) in [6.45, 7) is 0. The predicted molar refractivity (Wildman–Crippen MR) is 64.6 cm³/mol. The molecule has 1 N–H and O–H groups in total. The highest BCUT2D eigenvalue weighted by Gasteiger charge is 2.11. The van der Waals surface area contributed by atoms with Crippen LogP contribution in [0.25, 0.3) is 11.3 Å². The van der Waals surface area contributed by atoms with Gasteiger partial charge in [-0.05, 0) is 24.1 Å². The zero-order chi connectivity index (χ0) is 13.1. The number of carboxylic acid groups (broad SMARTS) is 1. The number of benzene rings is 1. The molecule has 4 nitrogen and oxygen atoms in total. The highest BCUT2D eigenvalue weighted by Crippen LogP contribution is 2.23. The first-order valence-corrected chi connectivity index (χ1v) is 5.56. The molecule has 2 rings (SSSR count). The van der Waals surface area contributed by atoms with E-state index in [0.717, 1.165) is 5.56 Å². The summed E-state index contributed by atoms with van der Waals surface area (Å²) in [5.74, 6) is -1.19. The quantitative estimate of drug-likeness (QED) is 0.902. The Kier molecular flexibility index (Phi) is 3.41. The van der Waals surface area contributed by atoms with Gasteiger partial charge in [-0.2, -0.15) is 5.10 Å². The summed E-state index contributed by atoms with van der Waals surface area (Å²) < 4.78 is 14.8. The Morgan fingerprint density at radius 3 is 2.94 bits per heavy atom. The maximum Gasteiger partial charge on any atom is 0.303 e. The monoisotopic (exact) mass is 248 g/mol. The van der Waals surface area contributed by atoms with Gasteiger partial charge in [-0.25, -0.2) is 4.39 Å². The predicted octanol–water partition coefficient (Wildman–Crippen LogP) is 2.24. The summed E-state index contributed by atoms with van der Waals surface area (Å²) in [6, 6.07) is 6.13. The number of nitrogens with zero attached hydrogens (tertiary/aromatic N) is 2. The molecule has 94 valence electrons. The van der Waals surface area contributed by atoms with Gasteiger partial charge in [0.1, 0.15) is 5.82 Å². The Balaban J connectivity index is 2.35. The number of aryl methyl sites for hydroxylation is 2. The molecule has 0 unspecified atom stereocenters. The van der Waals surface area contributed by atoms with Crippen LogP contribution in [0.5, 0.6) is 0 Å². The lowest BCUT2D eigenvalue weighted by Gasteiger charge is -2.01. The molecule has 0 amide bonds. The normalized spacial score (nSPS) is 10.6. The van der Waals surface area contributed by atoms with Crippen LogP contribution in [0, 0.1) is 5.82 Å². The van der Waals surface area contributed by atoms with Gasteiger partial charge in [0.25, 0.3) is 0 Å². The lowest BCUT2D eigenvalue weighted by Crippen LogP contribution is -1.97. The maximum absolute atomic E-state index is 13.2. The third-order valence-corrected chi connectivity index (χ3v) is 2.61. The first-order chi connectivity index (χ1) is 8.56. The fraction of sp³-hybridized carbons (Fsp3) is 0.231. The molecule has 0 atom stereocenters. The first kappa shape index (κ1) is 12.3. The summed E-state index contributed by atoms with van der Waals surface area (Å²) in [5.41, 5.74) is 2.11. The minimum absolute atomic E-state index is 0.0357. The van der Waals surface area contributed by atoms with E-state index in [0.29, 0.717) is 17.7 Å². The minimum Gasteiger partial charge on any atom is -0.481 e. The largest absolute Gasteiger partial charge is 0.481 e. The number of hydrogen-bond donors (Lipinski definition) is 1. The number of carbonyl (C=O) groups is 1. The molecule has 0 aliphatic carbocycles. The van der Waals surface area contributed by atoms with Crippen LogP contribution in [-0.2, 0) is 18.3 Å². The number of rotatable bonds is 4. The molecule has 0 radical (unpaired) electrons. The second kappa shape index (κ2) is 5.00. The SMILES string of the molecule is Cn1cc(CCC(=O)O)c(-c2cccc(F)c2)n1. The maximum atomic E-state index is 13.2. The zero-order valence-corrected chi connectivity index (χ0v) is 9.93. The molecule has 1 aromatic heterocycles. The van der Waals surface area contributed by atoms with Gasteiger partial charge in [0, 0.05) is 25.2 Å². The number of aromatic nitrogens is 2. The minimum atomic E-state index is -0.857. The molecule has 5 heteroatoms. The van der Waals surface area contributed by atoms with Crippen LogP contribution in [-0.4, -0.2) is 20.9 Å². The number of halogens is 1. The fourth-order valence-corrected chi connectivity index (χ4v) is 1.84. The van der Waals surface area contributed by atoms with Crippen molar-refractivity contribution in [3.63, 3.8) is 0 Å². The Morgan fingerprint density at radius 1 is 1.50 bits per heavy atom. The van der Waals surface area contributed by atoms with Crippen molar-refractivity contribution in [2.45, 2.75) is 12.8 Å². The van der Waals surface area contributed by atoms with Crippen LogP contribution >= 0.6 is 0 Å². The topological polar surface area (TPSA) is 55.1 Å². The number of hydrogen-bond acceptors (Lipinski definition) is 2. The molecule has 0 fully saturated rings. The van der Waals surface area contributed by atoms with E-state index < -0.39 is 5.97 Å². The van der Waals surface area contributed by atoms with Crippen LogP contribution < -0.4 is 0 Å². The highest BCUT2D eigenvalue weighted by molar-refractivity contribution is 5.68. The molecule has 0 aliphatic rings. The third-order valence-electron chi connectivity index (χ3n) is 2.61.